The second-order valence-electron chi connectivity index (χ2n) is 4.37. The highest BCUT2D eigenvalue weighted by atomic mass is 32.2. The van der Waals surface area contributed by atoms with Crippen LogP contribution in [0.15, 0.2) is 24.4 Å². The van der Waals surface area contributed by atoms with Gasteiger partial charge in [-0.25, -0.2) is 4.98 Å². The quantitative estimate of drug-likeness (QED) is 0.630. The van der Waals surface area contributed by atoms with Gasteiger partial charge in [-0.3, -0.25) is 4.18 Å². The number of halogens is 3. The first-order valence-corrected chi connectivity index (χ1v) is 7.36. The fourth-order valence-electron chi connectivity index (χ4n) is 1.96. The Morgan fingerprint density at radius 2 is 1.90 bits per heavy atom. The van der Waals surface area contributed by atoms with E-state index in [4.69, 9.17) is 0 Å². The Bertz CT molecular complexity index is 540. The molecule has 0 saturated carbocycles. The summed E-state index contributed by atoms with van der Waals surface area (Å²) in [4.78, 5) is 6.00. The standard InChI is InChI=1S/C11H13F3N2O3S/c12-11(13,14)20(17,18)19-9-4-7-16(8-5-9)10-3-1-2-6-15-10/h1-3,6,9H,4-5,7-8H2. The molecule has 5 nitrogen and oxygen atoms in total. The number of anilines is 1. The van der Waals surface area contributed by atoms with Gasteiger partial charge in [0.05, 0.1) is 6.10 Å². The molecule has 0 aromatic carbocycles. The third-order valence-electron chi connectivity index (χ3n) is 2.96. The van der Waals surface area contributed by atoms with E-state index in [1.54, 1.807) is 24.4 Å². The lowest BCUT2D eigenvalue weighted by atomic mass is 10.1. The Kier molecular flexibility index (Phi) is 4.19. The van der Waals surface area contributed by atoms with Crippen molar-refractivity contribution in [2.45, 2.75) is 24.5 Å². The molecular formula is C11H13F3N2O3S. The summed E-state index contributed by atoms with van der Waals surface area (Å²) >= 11 is 0. The third-order valence-corrected chi connectivity index (χ3v) is 4.05. The van der Waals surface area contributed by atoms with Gasteiger partial charge >= 0.3 is 15.6 Å². The zero-order valence-corrected chi connectivity index (χ0v) is 11.2. The smallest absolute Gasteiger partial charge is 0.356 e. The molecule has 0 N–H and O–H groups in total. The molecule has 0 radical (unpaired) electrons. The first-order valence-electron chi connectivity index (χ1n) is 5.95. The molecule has 0 amide bonds. The molecule has 2 rings (SSSR count). The molecule has 0 aliphatic carbocycles. The zero-order chi connectivity index (χ0) is 14.8. The highest BCUT2D eigenvalue weighted by molar-refractivity contribution is 7.87. The molecule has 112 valence electrons. The van der Waals surface area contributed by atoms with Crippen molar-refractivity contribution in [2.75, 3.05) is 18.0 Å². The van der Waals surface area contributed by atoms with E-state index < -0.39 is 21.7 Å². The maximum Gasteiger partial charge on any atom is 0.523 e. The Morgan fingerprint density at radius 1 is 1.25 bits per heavy atom. The largest absolute Gasteiger partial charge is 0.523 e. The first-order chi connectivity index (χ1) is 9.29. The first kappa shape index (κ1) is 15.0. The van der Waals surface area contributed by atoms with E-state index in [-0.39, 0.29) is 12.8 Å². The monoisotopic (exact) mass is 310 g/mol. The molecular weight excluding hydrogens is 297 g/mol. The van der Waals surface area contributed by atoms with Crippen LogP contribution in [0.4, 0.5) is 19.0 Å². The van der Waals surface area contributed by atoms with Gasteiger partial charge in [0, 0.05) is 19.3 Å². The lowest BCUT2D eigenvalue weighted by Gasteiger charge is -2.32. The van der Waals surface area contributed by atoms with E-state index in [2.05, 4.69) is 9.17 Å². The Morgan fingerprint density at radius 3 is 2.40 bits per heavy atom. The number of nitrogens with zero attached hydrogens (tertiary/aromatic N) is 2. The normalized spacial score (nSPS) is 18.2. The molecule has 20 heavy (non-hydrogen) atoms. The zero-order valence-electron chi connectivity index (χ0n) is 10.4. The Labute approximate surface area is 114 Å². The minimum atomic E-state index is -5.51. The van der Waals surface area contributed by atoms with Crippen LogP contribution >= 0.6 is 0 Å². The van der Waals surface area contributed by atoms with E-state index in [9.17, 15) is 21.6 Å². The van der Waals surface area contributed by atoms with Gasteiger partial charge in [-0.05, 0) is 25.0 Å². The fourth-order valence-corrected chi connectivity index (χ4v) is 2.62. The number of hydrogen-bond donors (Lipinski definition) is 0. The van der Waals surface area contributed by atoms with E-state index in [0.717, 1.165) is 0 Å². The Hall–Kier alpha value is -1.35. The topological polar surface area (TPSA) is 59.5 Å². The van der Waals surface area contributed by atoms with Gasteiger partial charge in [0.25, 0.3) is 0 Å². The van der Waals surface area contributed by atoms with Crippen molar-refractivity contribution in [3.8, 4) is 0 Å². The van der Waals surface area contributed by atoms with Crippen molar-refractivity contribution < 1.29 is 25.8 Å². The molecule has 1 aromatic rings. The average Bonchev–Trinajstić information content (AvgIpc) is 2.39. The summed E-state index contributed by atoms with van der Waals surface area (Å²) in [6, 6.07) is 5.35. The van der Waals surface area contributed by atoms with E-state index in [0.29, 0.717) is 18.9 Å². The maximum absolute atomic E-state index is 12.2. The summed E-state index contributed by atoms with van der Waals surface area (Å²) in [5, 5.41) is 0. The summed E-state index contributed by atoms with van der Waals surface area (Å²) in [6.45, 7) is 0.796. The van der Waals surface area contributed by atoms with Crippen molar-refractivity contribution in [3.63, 3.8) is 0 Å². The second kappa shape index (κ2) is 5.57. The maximum atomic E-state index is 12.2. The van der Waals surface area contributed by atoms with Crippen molar-refractivity contribution >= 4 is 15.9 Å². The van der Waals surface area contributed by atoms with Gasteiger partial charge in [0.1, 0.15) is 5.82 Å². The lowest BCUT2D eigenvalue weighted by molar-refractivity contribution is -0.0580. The van der Waals surface area contributed by atoms with Crippen molar-refractivity contribution in [1.82, 2.24) is 4.98 Å². The predicted molar refractivity (Wildman–Crippen MR) is 65.5 cm³/mol. The molecule has 1 aliphatic rings. The molecule has 0 spiro atoms. The number of hydrogen-bond acceptors (Lipinski definition) is 5. The summed E-state index contributed by atoms with van der Waals surface area (Å²) in [7, 11) is -5.51. The van der Waals surface area contributed by atoms with Crippen LogP contribution < -0.4 is 4.90 Å². The summed E-state index contributed by atoms with van der Waals surface area (Å²) in [5.41, 5.74) is -5.37. The van der Waals surface area contributed by atoms with Crippen LogP contribution in [-0.4, -0.2) is 38.1 Å². The van der Waals surface area contributed by atoms with E-state index >= 15 is 0 Å². The molecule has 0 unspecified atom stereocenters. The number of pyridine rings is 1. The summed E-state index contributed by atoms with van der Waals surface area (Å²) < 4.78 is 62.6. The number of aromatic nitrogens is 1. The van der Waals surface area contributed by atoms with Crippen LogP contribution in [0.2, 0.25) is 0 Å². The van der Waals surface area contributed by atoms with Crippen molar-refractivity contribution in [2.24, 2.45) is 0 Å². The highest BCUT2D eigenvalue weighted by Crippen LogP contribution is 2.28. The van der Waals surface area contributed by atoms with Gasteiger partial charge in [-0.15, -0.1) is 0 Å². The van der Waals surface area contributed by atoms with Gasteiger partial charge in [0.15, 0.2) is 0 Å². The van der Waals surface area contributed by atoms with Crippen LogP contribution in [-0.2, 0) is 14.3 Å². The number of alkyl halides is 3. The van der Waals surface area contributed by atoms with Crippen LogP contribution in [0.25, 0.3) is 0 Å². The van der Waals surface area contributed by atoms with Crippen LogP contribution in [0.1, 0.15) is 12.8 Å². The van der Waals surface area contributed by atoms with E-state index in [1.165, 1.54) is 0 Å². The summed E-state index contributed by atoms with van der Waals surface area (Å²) in [5.74, 6) is 0.713. The average molecular weight is 310 g/mol. The molecule has 1 fully saturated rings. The van der Waals surface area contributed by atoms with Gasteiger partial charge in [0.2, 0.25) is 0 Å². The van der Waals surface area contributed by atoms with Crippen LogP contribution in [0.3, 0.4) is 0 Å². The number of rotatable bonds is 3. The fraction of sp³-hybridized carbons (Fsp3) is 0.545. The number of piperidine rings is 1. The molecule has 2 heterocycles. The SMILES string of the molecule is O=S(=O)(OC1CCN(c2ccccn2)CC1)C(F)(F)F. The molecule has 1 aliphatic heterocycles. The van der Waals surface area contributed by atoms with Crippen LogP contribution in [0.5, 0.6) is 0 Å². The second-order valence-corrected chi connectivity index (χ2v) is 5.93. The van der Waals surface area contributed by atoms with E-state index in [1.807, 2.05) is 4.90 Å². The molecule has 0 bridgehead atoms. The Balaban J connectivity index is 1.93. The minimum absolute atomic E-state index is 0.200. The predicted octanol–water partition coefficient (Wildman–Crippen LogP) is 1.92. The minimum Gasteiger partial charge on any atom is -0.356 e. The molecule has 1 saturated heterocycles. The van der Waals surface area contributed by atoms with Crippen molar-refractivity contribution in [1.29, 1.82) is 0 Å². The van der Waals surface area contributed by atoms with Crippen molar-refractivity contribution in [3.05, 3.63) is 24.4 Å². The van der Waals surface area contributed by atoms with Crippen LogP contribution in [0, 0.1) is 0 Å². The molecule has 0 atom stereocenters. The van der Waals surface area contributed by atoms with Gasteiger partial charge in [-0.2, -0.15) is 21.6 Å². The molecule has 9 heteroatoms. The summed E-state index contributed by atoms with van der Waals surface area (Å²) in [6.07, 6.45) is 1.07. The highest BCUT2D eigenvalue weighted by Gasteiger charge is 2.48. The third kappa shape index (κ3) is 3.40. The van der Waals surface area contributed by atoms with Gasteiger partial charge in [-0.1, -0.05) is 6.07 Å². The molecule has 1 aromatic heterocycles. The lowest BCUT2D eigenvalue weighted by Crippen LogP contribution is -2.40. The van der Waals surface area contributed by atoms with Gasteiger partial charge < -0.3 is 4.90 Å².